The Hall–Kier alpha value is -4.25. The lowest BCUT2D eigenvalue weighted by Gasteiger charge is -2.13. The van der Waals surface area contributed by atoms with E-state index in [0.717, 1.165) is 45.9 Å². The minimum Gasteiger partial charge on any atom is -0.481 e. The van der Waals surface area contributed by atoms with Gasteiger partial charge in [0, 0.05) is 23.1 Å². The second kappa shape index (κ2) is 8.27. The molecule has 0 bridgehead atoms. The van der Waals surface area contributed by atoms with Crippen LogP contribution in [0.1, 0.15) is 18.4 Å². The third-order valence-electron chi connectivity index (χ3n) is 6.43. The van der Waals surface area contributed by atoms with Gasteiger partial charge in [0.25, 0.3) is 0 Å². The molecule has 4 aromatic carbocycles. The number of hydrogen-bond acceptors (Lipinski definition) is 3. The molecule has 0 radical (unpaired) electrons. The lowest BCUT2D eigenvalue weighted by Crippen LogP contribution is -1.98. The van der Waals surface area contributed by atoms with Crippen LogP contribution in [0, 0.1) is 0 Å². The number of carbonyl (C=O) groups is 1. The van der Waals surface area contributed by atoms with E-state index in [1.54, 1.807) is 0 Å². The van der Waals surface area contributed by atoms with Gasteiger partial charge in [0.1, 0.15) is 0 Å². The molecule has 1 aliphatic rings. The molecule has 0 saturated carbocycles. The predicted molar refractivity (Wildman–Crippen MR) is 133 cm³/mol. The van der Waals surface area contributed by atoms with Crippen LogP contribution in [-0.2, 0) is 11.2 Å². The first-order valence-corrected chi connectivity index (χ1v) is 11.4. The molecule has 2 heterocycles. The van der Waals surface area contributed by atoms with Gasteiger partial charge < -0.3 is 19.1 Å². The van der Waals surface area contributed by atoms with E-state index < -0.39 is 5.97 Å². The molecular formula is C29H23NO4. The molecule has 1 aromatic heterocycles. The largest absolute Gasteiger partial charge is 0.481 e. The zero-order valence-corrected chi connectivity index (χ0v) is 18.5. The SMILES string of the molecule is O=C(O)CCCc1ccc(-n2c(-c3ccc4c(c3)OCO4)cc3c4ccccc4ccc32)cc1. The average molecular weight is 450 g/mol. The van der Waals surface area contributed by atoms with Crippen molar-refractivity contribution in [1.29, 1.82) is 0 Å². The number of rotatable bonds is 6. The van der Waals surface area contributed by atoms with E-state index in [1.807, 2.05) is 12.1 Å². The Kier molecular flexibility index (Phi) is 4.95. The third-order valence-corrected chi connectivity index (χ3v) is 6.43. The molecule has 6 rings (SSSR count). The Labute approximate surface area is 196 Å². The van der Waals surface area contributed by atoms with E-state index in [-0.39, 0.29) is 13.2 Å². The van der Waals surface area contributed by atoms with Crippen molar-refractivity contribution in [3.63, 3.8) is 0 Å². The zero-order valence-electron chi connectivity index (χ0n) is 18.5. The topological polar surface area (TPSA) is 60.7 Å². The molecule has 1 aliphatic heterocycles. The summed E-state index contributed by atoms with van der Waals surface area (Å²) in [6.07, 6.45) is 1.57. The molecule has 0 unspecified atom stereocenters. The van der Waals surface area contributed by atoms with Crippen molar-refractivity contribution in [2.24, 2.45) is 0 Å². The van der Waals surface area contributed by atoms with Gasteiger partial charge in [-0.2, -0.15) is 0 Å². The lowest BCUT2D eigenvalue weighted by molar-refractivity contribution is -0.137. The number of aryl methyl sites for hydroxylation is 1. The van der Waals surface area contributed by atoms with Crippen molar-refractivity contribution >= 4 is 27.6 Å². The van der Waals surface area contributed by atoms with E-state index in [4.69, 9.17) is 14.6 Å². The number of hydrogen-bond donors (Lipinski definition) is 1. The van der Waals surface area contributed by atoms with Gasteiger partial charge in [-0.25, -0.2) is 0 Å². The molecule has 0 fully saturated rings. The first kappa shape index (κ1) is 20.4. The van der Waals surface area contributed by atoms with Crippen LogP contribution in [0.15, 0.2) is 84.9 Å². The summed E-state index contributed by atoms with van der Waals surface area (Å²) in [5.41, 5.74) is 5.44. The van der Waals surface area contributed by atoms with Crippen molar-refractivity contribution in [2.75, 3.05) is 6.79 Å². The van der Waals surface area contributed by atoms with E-state index in [0.29, 0.717) is 6.42 Å². The van der Waals surface area contributed by atoms with Crippen molar-refractivity contribution in [2.45, 2.75) is 19.3 Å². The highest BCUT2D eigenvalue weighted by molar-refractivity contribution is 6.09. The van der Waals surface area contributed by atoms with Crippen LogP contribution in [0.25, 0.3) is 38.6 Å². The minimum atomic E-state index is -0.754. The summed E-state index contributed by atoms with van der Waals surface area (Å²) < 4.78 is 13.4. The minimum absolute atomic E-state index is 0.186. The molecule has 1 N–H and O–H groups in total. The quantitative estimate of drug-likeness (QED) is 0.318. The second-order valence-electron chi connectivity index (χ2n) is 8.57. The maximum absolute atomic E-state index is 10.8. The molecule has 0 aliphatic carbocycles. The van der Waals surface area contributed by atoms with Crippen LogP contribution in [0.4, 0.5) is 0 Å². The normalized spacial score (nSPS) is 12.5. The summed E-state index contributed by atoms with van der Waals surface area (Å²) in [5, 5.41) is 12.5. The first-order valence-electron chi connectivity index (χ1n) is 11.4. The summed E-state index contributed by atoms with van der Waals surface area (Å²) in [6, 6.07) is 29.5. The highest BCUT2D eigenvalue weighted by atomic mass is 16.7. The van der Waals surface area contributed by atoms with Gasteiger partial charge in [-0.15, -0.1) is 0 Å². The summed E-state index contributed by atoms with van der Waals surface area (Å²) in [4.78, 5) is 10.8. The van der Waals surface area contributed by atoms with Crippen molar-refractivity contribution in [1.82, 2.24) is 4.57 Å². The van der Waals surface area contributed by atoms with Crippen molar-refractivity contribution in [3.05, 3.63) is 90.5 Å². The number of aliphatic carboxylic acids is 1. The van der Waals surface area contributed by atoms with Crippen molar-refractivity contribution < 1.29 is 19.4 Å². The van der Waals surface area contributed by atoms with E-state index in [2.05, 4.69) is 77.4 Å². The number of benzene rings is 4. The number of nitrogens with zero attached hydrogens (tertiary/aromatic N) is 1. The average Bonchev–Trinajstić information content (AvgIpc) is 3.48. The lowest BCUT2D eigenvalue weighted by atomic mass is 10.1. The molecule has 0 atom stereocenters. The number of ether oxygens (including phenoxy) is 2. The van der Waals surface area contributed by atoms with Crippen LogP contribution in [0.3, 0.4) is 0 Å². The Bertz CT molecular complexity index is 1530. The highest BCUT2D eigenvalue weighted by Crippen LogP contribution is 2.40. The molecule has 0 saturated heterocycles. The Balaban J connectivity index is 1.50. The summed E-state index contributed by atoms with van der Waals surface area (Å²) in [7, 11) is 0. The molecule has 0 amide bonds. The highest BCUT2D eigenvalue weighted by Gasteiger charge is 2.18. The summed E-state index contributed by atoms with van der Waals surface area (Å²) >= 11 is 0. The molecule has 168 valence electrons. The fourth-order valence-corrected chi connectivity index (χ4v) is 4.76. The Morgan fingerprint density at radius 3 is 2.53 bits per heavy atom. The number of fused-ring (bicyclic) bond motifs is 4. The molecule has 5 heteroatoms. The standard InChI is InChI=1S/C29H23NO4/c31-29(32)7-3-4-19-8-12-22(13-9-19)30-25-14-10-20-5-1-2-6-23(20)24(25)17-26(30)21-11-15-27-28(16-21)34-18-33-27/h1-2,5-6,8-17H,3-4,7,18H2,(H,31,32). The van der Waals surface area contributed by atoms with Gasteiger partial charge in [0.15, 0.2) is 11.5 Å². The first-order chi connectivity index (χ1) is 16.7. The zero-order chi connectivity index (χ0) is 23.1. The molecular weight excluding hydrogens is 426 g/mol. The van der Waals surface area contributed by atoms with Crippen LogP contribution in [0.2, 0.25) is 0 Å². The Morgan fingerprint density at radius 2 is 1.68 bits per heavy atom. The number of carboxylic acid groups (broad SMARTS) is 1. The van der Waals surface area contributed by atoms with Crippen molar-refractivity contribution in [3.8, 4) is 28.4 Å². The van der Waals surface area contributed by atoms with Gasteiger partial charge in [0.2, 0.25) is 6.79 Å². The summed E-state index contributed by atoms with van der Waals surface area (Å²) in [5.74, 6) is 0.770. The van der Waals surface area contributed by atoms with Gasteiger partial charge in [-0.05, 0) is 71.6 Å². The van der Waals surface area contributed by atoms with Gasteiger partial charge in [0.05, 0.1) is 11.2 Å². The van der Waals surface area contributed by atoms with E-state index in [9.17, 15) is 4.79 Å². The fraction of sp³-hybridized carbons (Fsp3) is 0.138. The van der Waals surface area contributed by atoms with Crippen LogP contribution < -0.4 is 9.47 Å². The van der Waals surface area contributed by atoms with Crippen LogP contribution in [0.5, 0.6) is 11.5 Å². The molecule has 5 nitrogen and oxygen atoms in total. The number of carboxylic acids is 1. The fourth-order valence-electron chi connectivity index (χ4n) is 4.76. The molecule has 34 heavy (non-hydrogen) atoms. The predicted octanol–water partition coefficient (Wildman–Crippen LogP) is 6.59. The third kappa shape index (κ3) is 3.55. The maximum atomic E-state index is 10.8. The van der Waals surface area contributed by atoms with Crippen LogP contribution in [-0.4, -0.2) is 22.4 Å². The van der Waals surface area contributed by atoms with Crippen LogP contribution >= 0.6 is 0 Å². The molecule has 0 spiro atoms. The molecule has 5 aromatic rings. The van der Waals surface area contributed by atoms with E-state index >= 15 is 0 Å². The number of aromatic nitrogens is 1. The van der Waals surface area contributed by atoms with Gasteiger partial charge in [-0.1, -0.05) is 42.5 Å². The second-order valence-corrected chi connectivity index (χ2v) is 8.57. The van der Waals surface area contributed by atoms with Gasteiger partial charge >= 0.3 is 5.97 Å². The monoisotopic (exact) mass is 449 g/mol. The summed E-state index contributed by atoms with van der Waals surface area (Å²) in [6.45, 7) is 0.246. The van der Waals surface area contributed by atoms with E-state index in [1.165, 1.54) is 16.2 Å². The van der Waals surface area contributed by atoms with Gasteiger partial charge in [-0.3, -0.25) is 4.79 Å². The smallest absolute Gasteiger partial charge is 0.303 e. The maximum Gasteiger partial charge on any atom is 0.303 e. The Morgan fingerprint density at radius 1 is 0.853 bits per heavy atom.